The lowest BCUT2D eigenvalue weighted by molar-refractivity contribution is -0.858. The van der Waals surface area contributed by atoms with Crippen LogP contribution in [0.4, 0.5) is 0 Å². The monoisotopic (exact) mass is 449 g/mol. The first-order valence-electron chi connectivity index (χ1n) is 9.77. The van der Waals surface area contributed by atoms with Crippen LogP contribution in [0.5, 0.6) is 0 Å². The van der Waals surface area contributed by atoms with E-state index >= 15 is 0 Å². The van der Waals surface area contributed by atoms with Gasteiger partial charge in [0.1, 0.15) is 0 Å². The lowest BCUT2D eigenvalue weighted by Gasteiger charge is -2.21. The third-order valence-electron chi connectivity index (χ3n) is 4.94. The molecule has 0 radical (unpaired) electrons. The summed E-state index contributed by atoms with van der Waals surface area (Å²) in [7, 11) is 4.30. The molecule has 29 heavy (non-hydrogen) atoms. The Morgan fingerprint density at radius 2 is 1.90 bits per heavy atom. The zero-order valence-electron chi connectivity index (χ0n) is 16.7. The molecule has 0 spiro atoms. The second-order valence-electron chi connectivity index (χ2n) is 7.46. The van der Waals surface area contributed by atoms with E-state index in [2.05, 4.69) is 48.0 Å². The van der Waals surface area contributed by atoms with Gasteiger partial charge in [0.25, 0.3) is 0 Å². The highest BCUT2D eigenvalue weighted by molar-refractivity contribution is 7.80. The van der Waals surface area contributed by atoms with Crippen molar-refractivity contribution in [3.8, 4) is 0 Å². The molecule has 7 heteroatoms. The third-order valence-corrected chi connectivity index (χ3v) is 5.79. The van der Waals surface area contributed by atoms with Crippen LogP contribution in [0, 0.1) is 0 Å². The minimum Gasteiger partial charge on any atom is -0.363 e. The van der Waals surface area contributed by atoms with Gasteiger partial charge < -0.3 is 20.5 Å². The number of nitrogens with one attached hydrogen (secondary N) is 4. The van der Waals surface area contributed by atoms with Crippen LogP contribution in [0.15, 0.2) is 48.7 Å². The molecule has 0 saturated carbocycles. The lowest BCUT2D eigenvalue weighted by Crippen LogP contribution is -3.05. The molecule has 154 valence electrons. The van der Waals surface area contributed by atoms with E-state index in [1.807, 2.05) is 24.3 Å². The molecule has 0 aliphatic heterocycles. The highest BCUT2D eigenvalue weighted by Gasteiger charge is 2.21. The van der Waals surface area contributed by atoms with Crippen LogP contribution < -0.4 is 15.5 Å². The number of benzene rings is 2. The van der Waals surface area contributed by atoms with Gasteiger partial charge in [-0.15, -0.1) is 0 Å². The number of hydrogen-bond acceptors (Lipinski definition) is 1. The van der Waals surface area contributed by atoms with Crippen molar-refractivity contribution in [2.75, 3.05) is 33.7 Å². The highest BCUT2D eigenvalue weighted by Crippen LogP contribution is 2.35. The van der Waals surface area contributed by atoms with Crippen molar-refractivity contribution in [2.45, 2.75) is 12.3 Å². The Kier molecular flexibility index (Phi) is 7.78. The fraction of sp³-hybridized carbons (Fsp3) is 0.318. The van der Waals surface area contributed by atoms with E-state index in [4.69, 9.17) is 35.4 Å². The zero-order valence-corrected chi connectivity index (χ0v) is 19.0. The van der Waals surface area contributed by atoms with E-state index in [0.29, 0.717) is 21.7 Å². The Morgan fingerprint density at radius 3 is 2.66 bits per heavy atom. The number of hydrogen-bond donors (Lipinski definition) is 4. The van der Waals surface area contributed by atoms with E-state index in [1.165, 1.54) is 15.8 Å². The van der Waals surface area contributed by atoms with E-state index in [9.17, 15) is 0 Å². The molecule has 3 rings (SSSR count). The molecule has 3 aromatic rings. The minimum absolute atomic E-state index is 0.0295. The van der Waals surface area contributed by atoms with Gasteiger partial charge in [-0.25, -0.2) is 0 Å². The number of thiocarbonyl (C=S) groups is 1. The summed E-state index contributed by atoms with van der Waals surface area (Å²) in [5, 5.41) is 9.79. The zero-order chi connectivity index (χ0) is 20.8. The van der Waals surface area contributed by atoms with E-state index in [-0.39, 0.29) is 5.92 Å². The van der Waals surface area contributed by atoms with Crippen molar-refractivity contribution in [3.63, 3.8) is 0 Å². The standard InChI is InChI=1S/C22H26Cl2N4S/c1-28(2)11-5-10-25-22(29)27-14-18(16-9-8-15(23)12-20(16)24)19-13-26-21-7-4-3-6-17(19)21/h3-4,6-9,12-13,18,26H,5,10-11,14H2,1-2H3,(H2,25,27,29)/p+1/t18-/m0/s1. The van der Waals surface area contributed by atoms with E-state index in [1.54, 1.807) is 6.07 Å². The normalized spacial score (nSPS) is 12.3. The van der Waals surface area contributed by atoms with Crippen molar-refractivity contribution >= 4 is 51.4 Å². The van der Waals surface area contributed by atoms with Gasteiger partial charge in [-0.05, 0) is 41.5 Å². The Hall–Kier alpha value is -1.79. The molecule has 4 N–H and O–H groups in total. The number of para-hydroxylation sites is 1. The molecule has 0 aliphatic carbocycles. The first-order chi connectivity index (χ1) is 14.0. The maximum absolute atomic E-state index is 6.57. The number of aromatic amines is 1. The van der Waals surface area contributed by atoms with Crippen molar-refractivity contribution in [3.05, 3.63) is 69.8 Å². The summed E-state index contributed by atoms with van der Waals surface area (Å²) in [5.41, 5.74) is 3.30. The quantitative estimate of drug-likeness (QED) is 0.313. The lowest BCUT2D eigenvalue weighted by atomic mass is 9.91. The summed E-state index contributed by atoms with van der Waals surface area (Å²) in [4.78, 5) is 4.79. The number of H-pyrrole nitrogens is 1. The summed E-state index contributed by atoms with van der Waals surface area (Å²) >= 11 is 18.2. The molecule has 0 aliphatic rings. The third kappa shape index (κ3) is 5.86. The largest absolute Gasteiger partial charge is 0.363 e. The molecule has 1 aromatic heterocycles. The predicted molar refractivity (Wildman–Crippen MR) is 128 cm³/mol. The van der Waals surface area contributed by atoms with E-state index in [0.717, 1.165) is 30.6 Å². The predicted octanol–water partition coefficient (Wildman–Crippen LogP) is 3.61. The van der Waals surface area contributed by atoms with Gasteiger partial charge in [0, 0.05) is 52.6 Å². The molecule has 1 heterocycles. The van der Waals surface area contributed by atoms with Crippen LogP contribution in [-0.4, -0.2) is 43.8 Å². The molecule has 1 atom stereocenters. The molecule has 0 saturated heterocycles. The second-order valence-corrected chi connectivity index (χ2v) is 8.71. The molecule has 0 bridgehead atoms. The topological polar surface area (TPSA) is 44.3 Å². The molecule has 4 nitrogen and oxygen atoms in total. The summed E-state index contributed by atoms with van der Waals surface area (Å²) in [5.74, 6) is 0.0295. The maximum atomic E-state index is 6.57. The van der Waals surface area contributed by atoms with Crippen LogP contribution in [0.1, 0.15) is 23.5 Å². The fourth-order valence-corrected chi connectivity index (χ4v) is 4.18. The summed E-state index contributed by atoms with van der Waals surface area (Å²) < 4.78 is 0. The number of halogens is 2. The smallest absolute Gasteiger partial charge is 0.166 e. The fourth-order valence-electron chi connectivity index (χ4n) is 3.45. The van der Waals surface area contributed by atoms with Gasteiger partial charge in [-0.1, -0.05) is 47.5 Å². The van der Waals surface area contributed by atoms with Crippen LogP contribution in [-0.2, 0) is 0 Å². The average Bonchev–Trinajstić information content (AvgIpc) is 3.11. The van der Waals surface area contributed by atoms with Gasteiger partial charge in [0.05, 0.1) is 20.6 Å². The minimum atomic E-state index is 0.0295. The van der Waals surface area contributed by atoms with Gasteiger partial charge in [-0.3, -0.25) is 0 Å². The van der Waals surface area contributed by atoms with Gasteiger partial charge in [-0.2, -0.15) is 0 Å². The summed E-state index contributed by atoms with van der Waals surface area (Å²) in [6.45, 7) is 2.60. The van der Waals surface area contributed by atoms with Crippen LogP contribution >= 0.6 is 35.4 Å². The molecular formula is C22H27Cl2N4S+. The van der Waals surface area contributed by atoms with E-state index < -0.39 is 0 Å². The highest BCUT2D eigenvalue weighted by atomic mass is 35.5. The molecular weight excluding hydrogens is 423 g/mol. The van der Waals surface area contributed by atoms with Crippen molar-refractivity contribution in [1.82, 2.24) is 15.6 Å². The van der Waals surface area contributed by atoms with Crippen molar-refractivity contribution in [2.24, 2.45) is 0 Å². The Labute approximate surface area is 187 Å². The Balaban J connectivity index is 1.78. The van der Waals surface area contributed by atoms with Crippen LogP contribution in [0.3, 0.4) is 0 Å². The van der Waals surface area contributed by atoms with Crippen molar-refractivity contribution in [1.29, 1.82) is 0 Å². The first-order valence-corrected chi connectivity index (χ1v) is 10.9. The Morgan fingerprint density at radius 1 is 1.10 bits per heavy atom. The molecule has 0 amide bonds. The number of aromatic nitrogens is 1. The number of rotatable bonds is 8. The molecule has 2 aromatic carbocycles. The average molecular weight is 450 g/mol. The molecule has 0 fully saturated rings. The van der Waals surface area contributed by atoms with Gasteiger partial charge in [0.2, 0.25) is 0 Å². The number of quaternary nitrogens is 1. The van der Waals surface area contributed by atoms with Gasteiger partial charge in [0.15, 0.2) is 5.11 Å². The van der Waals surface area contributed by atoms with Crippen molar-refractivity contribution < 1.29 is 4.90 Å². The van der Waals surface area contributed by atoms with Crippen LogP contribution in [0.2, 0.25) is 10.0 Å². The summed E-state index contributed by atoms with van der Waals surface area (Å²) in [6, 6.07) is 13.9. The maximum Gasteiger partial charge on any atom is 0.166 e. The summed E-state index contributed by atoms with van der Waals surface area (Å²) in [6.07, 6.45) is 3.12. The van der Waals surface area contributed by atoms with Gasteiger partial charge >= 0.3 is 0 Å². The van der Waals surface area contributed by atoms with Crippen LogP contribution in [0.25, 0.3) is 10.9 Å². The molecule has 0 unspecified atom stereocenters. The second kappa shape index (κ2) is 10.3. The number of fused-ring (bicyclic) bond motifs is 1. The first kappa shape index (κ1) is 21.9. The Bertz CT molecular complexity index is 970. The SMILES string of the molecule is C[NH+](C)CCCNC(=S)NC[C@@H](c1ccc(Cl)cc1Cl)c1c[nH]c2ccccc12.